The Balaban J connectivity index is 0.793. The smallest absolute Gasteiger partial charge is 0.252 e. The van der Waals surface area contributed by atoms with Crippen LogP contribution in [0.2, 0.25) is 0 Å². The fourth-order valence-electron chi connectivity index (χ4n) is 14.6. The number of furan rings is 1. The maximum Gasteiger partial charge on any atom is 0.252 e. The third-order valence-corrected chi connectivity index (χ3v) is 18.8. The first-order chi connectivity index (χ1) is 47.1. The van der Waals surface area contributed by atoms with E-state index in [2.05, 4.69) is 269 Å². The van der Waals surface area contributed by atoms with Gasteiger partial charge < -0.3 is 18.8 Å². The normalized spacial score (nSPS) is 12.4. The van der Waals surface area contributed by atoms with E-state index in [0.717, 1.165) is 128 Å². The van der Waals surface area contributed by atoms with Crippen molar-refractivity contribution in [3.63, 3.8) is 0 Å². The Bertz CT molecular complexity index is 5840. The van der Waals surface area contributed by atoms with Crippen LogP contribution in [0, 0.1) is 0 Å². The SMILES string of the molecule is c1ccc(-c2cc(-c3ccc(-n4c5ccccc5c5c6oc7ccccc7c6ccc54)c(-c4nc(-c5ccccc5)nc(-c5cccc(-c6cccc(N7c8ccccc8B8c9ccccc9N(c9ccccc9)c9cccc7c98)c6)c5)n4)c3)nc(-c3ccccc3)n2)cc1. The molecule has 0 fully saturated rings. The van der Waals surface area contributed by atoms with Gasteiger partial charge in [-0.25, -0.2) is 24.9 Å². The number of nitrogens with zero attached hydrogens (tertiary/aromatic N) is 8. The van der Waals surface area contributed by atoms with Gasteiger partial charge in [-0.15, -0.1) is 0 Å². The van der Waals surface area contributed by atoms with Gasteiger partial charge in [0.1, 0.15) is 11.2 Å². The molecule has 0 amide bonds. The molecular weight excluding hydrogens is 1160 g/mol. The van der Waals surface area contributed by atoms with E-state index in [1.165, 1.54) is 27.8 Å². The summed E-state index contributed by atoms with van der Waals surface area (Å²) in [6, 6.07) is 113. The third-order valence-electron chi connectivity index (χ3n) is 18.8. The van der Waals surface area contributed by atoms with Crippen molar-refractivity contribution in [3.05, 3.63) is 322 Å². The second-order valence-electron chi connectivity index (χ2n) is 24.3. The van der Waals surface area contributed by atoms with Crippen molar-refractivity contribution in [2.24, 2.45) is 0 Å². The van der Waals surface area contributed by atoms with Gasteiger partial charge in [0.05, 0.1) is 33.5 Å². The van der Waals surface area contributed by atoms with Crippen LogP contribution in [0.4, 0.5) is 34.1 Å². The van der Waals surface area contributed by atoms with Crippen LogP contribution in [0.15, 0.2) is 326 Å². The summed E-state index contributed by atoms with van der Waals surface area (Å²) in [5, 5.41) is 4.23. The zero-order valence-corrected chi connectivity index (χ0v) is 51.2. The Hall–Kier alpha value is -12.8. The minimum Gasteiger partial charge on any atom is -0.455 e. The number of benzene rings is 13. The summed E-state index contributed by atoms with van der Waals surface area (Å²) in [5.41, 5.74) is 24.1. The quantitative estimate of drug-likeness (QED) is 0.125. The van der Waals surface area contributed by atoms with E-state index < -0.39 is 0 Å². The van der Waals surface area contributed by atoms with Crippen molar-refractivity contribution in [2.75, 3.05) is 9.80 Å². The summed E-state index contributed by atoms with van der Waals surface area (Å²) in [6.45, 7) is 0.0391. The highest BCUT2D eigenvalue weighted by atomic mass is 16.3. The highest BCUT2D eigenvalue weighted by Crippen LogP contribution is 2.47. The maximum atomic E-state index is 6.82. The van der Waals surface area contributed by atoms with Gasteiger partial charge in [-0.2, -0.15) is 0 Å². The predicted molar refractivity (Wildman–Crippen MR) is 389 cm³/mol. The topological polar surface area (TPSA) is 89.0 Å². The zero-order chi connectivity index (χ0) is 62.5. The van der Waals surface area contributed by atoms with Gasteiger partial charge in [-0.05, 0) is 125 Å². The standard InChI is InChI=1S/C85H53BN8O/c1-5-24-54(25-6-1)69-53-70(88-82(87-69)55-26-7-2-8-27-55)59-46-48-72(94-71-40-17-13-37-65(71)79-75(94)49-47-64-63-36-14-20-45-78(63)95-81(64)79)66(52-59)85-90-83(56-28-9-3-10-29-56)89-84(91-85)60-32-21-30-57(50-60)58-31-22-35-62(51-58)93-74-42-19-16-39-68(74)86-67-38-15-18-41-73(67)92(61-33-11-4-12-34-61)76-43-23-44-77(93)80(76)86/h1-53H. The second-order valence-corrected chi connectivity index (χ2v) is 24.3. The molecule has 13 aromatic carbocycles. The van der Waals surface area contributed by atoms with Crippen LogP contribution in [0.3, 0.4) is 0 Å². The number of hydrogen-bond acceptors (Lipinski definition) is 8. The first kappa shape index (κ1) is 54.0. The Morgan fingerprint density at radius 1 is 0.284 bits per heavy atom. The number of para-hydroxylation sites is 5. The molecular formula is C85H53BN8O. The van der Waals surface area contributed by atoms with Gasteiger partial charge in [-0.3, -0.25) is 0 Å². The van der Waals surface area contributed by atoms with Crippen LogP contribution < -0.4 is 26.2 Å². The minimum absolute atomic E-state index is 0.0391. The van der Waals surface area contributed by atoms with E-state index in [9.17, 15) is 0 Å². The van der Waals surface area contributed by atoms with Gasteiger partial charge in [-0.1, -0.05) is 224 Å². The van der Waals surface area contributed by atoms with Gasteiger partial charge in [0, 0.05) is 83.7 Å². The number of fused-ring (bicyclic) bond motifs is 11. The summed E-state index contributed by atoms with van der Waals surface area (Å²) in [4.78, 5) is 31.9. The van der Waals surface area contributed by atoms with E-state index >= 15 is 0 Å². The van der Waals surface area contributed by atoms with Gasteiger partial charge in [0.25, 0.3) is 6.71 Å². The minimum atomic E-state index is 0.0391. The van der Waals surface area contributed by atoms with Crippen molar-refractivity contribution in [3.8, 4) is 84.9 Å². The van der Waals surface area contributed by atoms with Crippen LogP contribution in [0.5, 0.6) is 0 Å². The number of aromatic nitrogens is 6. The number of anilines is 6. The first-order valence-corrected chi connectivity index (χ1v) is 32.1. The zero-order valence-electron chi connectivity index (χ0n) is 51.2. The lowest BCUT2D eigenvalue weighted by Crippen LogP contribution is -2.61. The number of hydrogen-bond donors (Lipinski definition) is 0. The maximum absolute atomic E-state index is 6.82. The Morgan fingerprint density at radius 2 is 0.789 bits per heavy atom. The van der Waals surface area contributed by atoms with E-state index in [0.29, 0.717) is 23.3 Å². The molecule has 0 unspecified atom stereocenters. The molecule has 2 aliphatic heterocycles. The Labute approximate surface area is 547 Å². The van der Waals surface area contributed by atoms with E-state index in [1.54, 1.807) is 0 Å². The van der Waals surface area contributed by atoms with Crippen LogP contribution >= 0.6 is 0 Å². The molecule has 0 saturated carbocycles. The monoisotopic (exact) mass is 1210 g/mol. The molecule has 17 aromatic rings. The summed E-state index contributed by atoms with van der Waals surface area (Å²) < 4.78 is 9.16. The summed E-state index contributed by atoms with van der Waals surface area (Å²) in [5.74, 6) is 2.20. The highest BCUT2D eigenvalue weighted by Gasteiger charge is 2.43. The molecule has 442 valence electrons. The van der Waals surface area contributed by atoms with E-state index in [-0.39, 0.29) is 6.71 Å². The molecule has 0 N–H and O–H groups in total. The van der Waals surface area contributed by atoms with Gasteiger partial charge in [0.15, 0.2) is 23.3 Å². The first-order valence-electron chi connectivity index (χ1n) is 32.1. The van der Waals surface area contributed by atoms with Crippen molar-refractivity contribution >= 4 is 101 Å². The van der Waals surface area contributed by atoms with Gasteiger partial charge in [0.2, 0.25) is 0 Å². The molecule has 0 atom stereocenters. The molecule has 4 aromatic heterocycles. The molecule has 2 aliphatic rings. The molecule has 95 heavy (non-hydrogen) atoms. The summed E-state index contributed by atoms with van der Waals surface area (Å²) >= 11 is 0. The molecule has 0 saturated heterocycles. The average Bonchev–Trinajstić information content (AvgIpc) is 1.60. The number of rotatable bonds is 10. The predicted octanol–water partition coefficient (Wildman–Crippen LogP) is 19.4. The summed E-state index contributed by atoms with van der Waals surface area (Å²) in [7, 11) is 0. The van der Waals surface area contributed by atoms with Gasteiger partial charge >= 0.3 is 0 Å². The fourth-order valence-corrected chi connectivity index (χ4v) is 14.6. The van der Waals surface area contributed by atoms with E-state index in [1.807, 2.05) is 66.7 Å². The third kappa shape index (κ3) is 8.91. The lowest BCUT2D eigenvalue weighted by Gasteiger charge is -2.44. The van der Waals surface area contributed by atoms with Crippen molar-refractivity contribution in [2.45, 2.75) is 0 Å². The van der Waals surface area contributed by atoms with Crippen molar-refractivity contribution in [1.82, 2.24) is 29.5 Å². The molecule has 0 radical (unpaired) electrons. The van der Waals surface area contributed by atoms with Crippen LogP contribution in [-0.4, -0.2) is 36.2 Å². The van der Waals surface area contributed by atoms with Crippen LogP contribution in [-0.2, 0) is 0 Å². The Kier molecular flexibility index (Phi) is 12.5. The molecule has 0 bridgehead atoms. The molecule has 9 nitrogen and oxygen atoms in total. The average molecular weight is 1210 g/mol. The summed E-state index contributed by atoms with van der Waals surface area (Å²) in [6.07, 6.45) is 0. The highest BCUT2D eigenvalue weighted by molar-refractivity contribution is 7.00. The van der Waals surface area contributed by atoms with Crippen LogP contribution in [0.25, 0.3) is 129 Å². The molecule has 19 rings (SSSR count). The second kappa shape index (κ2) is 22.0. The van der Waals surface area contributed by atoms with E-state index in [4.69, 9.17) is 29.3 Å². The lowest BCUT2D eigenvalue weighted by atomic mass is 9.33. The molecule has 10 heteroatoms. The Morgan fingerprint density at radius 3 is 1.51 bits per heavy atom. The van der Waals surface area contributed by atoms with Crippen molar-refractivity contribution < 1.29 is 4.42 Å². The molecule has 0 aliphatic carbocycles. The van der Waals surface area contributed by atoms with Crippen LogP contribution in [0.1, 0.15) is 0 Å². The largest absolute Gasteiger partial charge is 0.455 e. The fraction of sp³-hybridized carbons (Fsp3) is 0. The molecule has 6 heterocycles. The lowest BCUT2D eigenvalue weighted by molar-refractivity contribution is 0.673. The molecule has 0 spiro atoms. The van der Waals surface area contributed by atoms with Crippen molar-refractivity contribution in [1.29, 1.82) is 0 Å².